The molecule has 1 aromatic heterocycles. The topological polar surface area (TPSA) is 55.0 Å². The first-order valence-electron chi connectivity index (χ1n) is 4.49. The van der Waals surface area contributed by atoms with Gasteiger partial charge in [-0.2, -0.15) is 5.10 Å². The van der Waals surface area contributed by atoms with E-state index in [-0.39, 0.29) is 5.97 Å². The van der Waals surface area contributed by atoms with Crippen LogP contribution in [-0.4, -0.2) is 23.3 Å². The molecule has 4 nitrogen and oxygen atoms in total. The van der Waals surface area contributed by atoms with Crippen LogP contribution in [0.3, 0.4) is 0 Å². The number of rotatable bonds is 2. The summed E-state index contributed by atoms with van der Waals surface area (Å²) in [5.74, 6) is -0.361. The van der Waals surface area contributed by atoms with E-state index in [2.05, 4.69) is 14.9 Å². The molecule has 0 radical (unpaired) electrons. The number of esters is 1. The summed E-state index contributed by atoms with van der Waals surface area (Å²) in [7, 11) is 1.35. The Morgan fingerprint density at radius 3 is 3.20 bits per heavy atom. The van der Waals surface area contributed by atoms with Gasteiger partial charge in [0.15, 0.2) is 0 Å². The number of aromatic nitrogens is 2. The molecular formula is C11H10N2O2. The molecule has 2 aromatic rings. The van der Waals surface area contributed by atoms with Gasteiger partial charge in [-0.1, -0.05) is 12.1 Å². The SMILES string of the molecule is COC(=O)/C=C/c1ccc2cn[nH]c2c1. The quantitative estimate of drug-likeness (QED) is 0.596. The van der Waals surface area contributed by atoms with Gasteiger partial charge in [0.2, 0.25) is 0 Å². The Morgan fingerprint density at radius 2 is 2.40 bits per heavy atom. The number of carbonyl (C=O) groups is 1. The van der Waals surface area contributed by atoms with Gasteiger partial charge in [0.1, 0.15) is 0 Å². The molecular weight excluding hydrogens is 192 g/mol. The number of hydrogen-bond donors (Lipinski definition) is 1. The molecule has 0 atom stereocenters. The molecule has 0 aliphatic rings. The van der Waals surface area contributed by atoms with E-state index in [1.54, 1.807) is 12.3 Å². The number of benzene rings is 1. The van der Waals surface area contributed by atoms with Gasteiger partial charge in [0.25, 0.3) is 0 Å². The molecule has 0 aliphatic heterocycles. The number of nitrogens with one attached hydrogen (secondary N) is 1. The number of fused-ring (bicyclic) bond motifs is 1. The zero-order chi connectivity index (χ0) is 10.7. The fraction of sp³-hybridized carbons (Fsp3) is 0.0909. The van der Waals surface area contributed by atoms with Crippen LogP contribution in [0.4, 0.5) is 0 Å². The molecule has 4 heteroatoms. The summed E-state index contributed by atoms with van der Waals surface area (Å²) in [5, 5.41) is 7.82. The fourth-order valence-corrected chi connectivity index (χ4v) is 1.29. The van der Waals surface area contributed by atoms with Gasteiger partial charge in [-0.15, -0.1) is 0 Å². The molecule has 0 spiro atoms. The Hall–Kier alpha value is -2.10. The molecule has 1 aromatic carbocycles. The maximum absolute atomic E-state index is 10.9. The van der Waals surface area contributed by atoms with Crippen LogP contribution in [0.25, 0.3) is 17.0 Å². The Balaban J connectivity index is 2.28. The fourth-order valence-electron chi connectivity index (χ4n) is 1.29. The van der Waals surface area contributed by atoms with Gasteiger partial charge in [0, 0.05) is 11.5 Å². The van der Waals surface area contributed by atoms with Crippen molar-refractivity contribution < 1.29 is 9.53 Å². The molecule has 0 saturated carbocycles. The molecule has 1 heterocycles. The Labute approximate surface area is 86.6 Å². The first-order chi connectivity index (χ1) is 7.29. The third-order valence-electron chi connectivity index (χ3n) is 2.08. The van der Waals surface area contributed by atoms with Crippen molar-refractivity contribution in [2.24, 2.45) is 0 Å². The zero-order valence-corrected chi connectivity index (χ0v) is 8.23. The minimum atomic E-state index is -0.361. The average Bonchev–Trinajstić information content (AvgIpc) is 2.72. The van der Waals surface area contributed by atoms with Gasteiger partial charge in [-0.05, 0) is 17.7 Å². The highest BCUT2D eigenvalue weighted by atomic mass is 16.5. The smallest absolute Gasteiger partial charge is 0.330 e. The van der Waals surface area contributed by atoms with E-state index >= 15 is 0 Å². The van der Waals surface area contributed by atoms with Crippen LogP contribution >= 0.6 is 0 Å². The highest BCUT2D eigenvalue weighted by Gasteiger charge is 1.96. The Morgan fingerprint density at radius 1 is 1.53 bits per heavy atom. The second-order valence-electron chi connectivity index (χ2n) is 3.07. The highest BCUT2D eigenvalue weighted by Crippen LogP contribution is 2.13. The summed E-state index contributed by atoms with van der Waals surface area (Å²) in [6.07, 6.45) is 4.84. The second kappa shape index (κ2) is 3.96. The first-order valence-corrected chi connectivity index (χ1v) is 4.49. The van der Waals surface area contributed by atoms with Crippen molar-refractivity contribution in [1.82, 2.24) is 10.2 Å². The molecule has 1 N–H and O–H groups in total. The lowest BCUT2D eigenvalue weighted by Crippen LogP contribution is -1.93. The number of methoxy groups -OCH3 is 1. The van der Waals surface area contributed by atoms with Crippen molar-refractivity contribution in [2.45, 2.75) is 0 Å². The number of H-pyrrole nitrogens is 1. The van der Waals surface area contributed by atoms with Crippen molar-refractivity contribution in [3.63, 3.8) is 0 Å². The number of nitrogens with zero attached hydrogens (tertiary/aromatic N) is 1. The van der Waals surface area contributed by atoms with Crippen molar-refractivity contribution in [3.05, 3.63) is 36.0 Å². The summed E-state index contributed by atoms with van der Waals surface area (Å²) in [6, 6.07) is 5.77. The van der Waals surface area contributed by atoms with Crippen LogP contribution in [0.5, 0.6) is 0 Å². The van der Waals surface area contributed by atoms with Crippen LogP contribution in [0.15, 0.2) is 30.5 Å². The van der Waals surface area contributed by atoms with E-state index in [9.17, 15) is 4.79 Å². The van der Waals surface area contributed by atoms with Gasteiger partial charge in [-0.3, -0.25) is 5.10 Å². The number of aromatic amines is 1. The van der Waals surface area contributed by atoms with Crippen LogP contribution in [-0.2, 0) is 9.53 Å². The third-order valence-corrected chi connectivity index (χ3v) is 2.08. The van der Waals surface area contributed by atoms with Crippen molar-refractivity contribution >= 4 is 22.9 Å². The lowest BCUT2D eigenvalue weighted by atomic mass is 10.1. The molecule has 0 unspecified atom stereocenters. The second-order valence-corrected chi connectivity index (χ2v) is 3.07. The van der Waals surface area contributed by atoms with Crippen LogP contribution in [0.2, 0.25) is 0 Å². The van der Waals surface area contributed by atoms with Crippen LogP contribution in [0.1, 0.15) is 5.56 Å². The number of carbonyl (C=O) groups excluding carboxylic acids is 1. The van der Waals surface area contributed by atoms with E-state index in [1.165, 1.54) is 13.2 Å². The van der Waals surface area contributed by atoms with Crippen LogP contribution in [0, 0.1) is 0 Å². The standard InChI is InChI=1S/C11H10N2O2/c1-15-11(14)5-3-8-2-4-9-7-12-13-10(9)6-8/h2-7H,1H3,(H,12,13)/b5-3+. The van der Waals surface area contributed by atoms with Crippen molar-refractivity contribution in [1.29, 1.82) is 0 Å². The summed E-state index contributed by atoms with van der Waals surface area (Å²) < 4.78 is 4.50. The van der Waals surface area contributed by atoms with E-state index in [1.807, 2.05) is 18.2 Å². The minimum absolute atomic E-state index is 0.361. The monoisotopic (exact) mass is 202 g/mol. The first kappa shape index (κ1) is 9.45. The normalized spacial score (nSPS) is 11.0. The van der Waals surface area contributed by atoms with Gasteiger partial charge >= 0.3 is 5.97 Å². The summed E-state index contributed by atoms with van der Waals surface area (Å²) in [6.45, 7) is 0. The van der Waals surface area contributed by atoms with Crippen molar-refractivity contribution in [2.75, 3.05) is 7.11 Å². The molecule has 2 rings (SSSR count). The molecule has 0 amide bonds. The average molecular weight is 202 g/mol. The summed E-state index contributed by atoms with van der Waals surface area (Å²) in [5.41, 5.74) is 1.87. The lowest BCUT2D eigenvalue weighted by molar-refractivity contribution is -0.134. The van der Waals surface area contributed by atoms with E-state index in [0.29, 0.717) is 0 Å². The van der Waals surface area contributed by atoms with Crippen LogP contribution < -0.4 is 0 Å². The van der Waals surface area contributed by atoms with Gasteiger partial charge < -0.3 is 4.74 Å². The molecule has 15 heavy (non-hydrogen) atoms. The molecule has 0 bridgehead atoms. The predicted molar refractivity (Wildman–Crippen MR) is 57.1 cm³/mol. The molecule has 76 valence electrons. The molecule has 0 fully saturated rings. The van der Waals surface area contributed by atoms with Gasteiger partial charge in [0.05, 0.1) is 18.8 Å². The molecule has 0 saturated heterocycles. The Kier molecular flexibility index (Phi) is 2.49. The molecule has 0 aliphatic carbocycles. The number of ether oxygens (including phenoxy) is 1. The van der Waals surface area contributed by atoms with E-state index < -0.39 is 0 Å². The zero-order valence-electron chi connectivity index (χ0n) is 8.23. The minimum Gasteiger partial charge on any atom is -0.466 e. The maximum atomic E-state index is 10.9. The largest absolute Gasteiger partial charge is 0.466 e. The summed E-state index contributed by atoms with van der Waals surface area (Å²) in [4.78, 5) is 10.9. The highest BCUT2D eigenvalue weighted by molar-refractivity contribution is 5.88. The van der Waals surface area contributed by atoms with Crippen molar-refractivity contribution in [3.8, 4) is 0 Å². The van der Waals surface area contributed by atoms with E-state index in [0.717, 1.165) is 16.5 Å². The maximum Gasteiger partial charge on any atom is 0.330 e. The van der Waals surface area contributed by atoms with Gasteiger partial charge in [-0.25, -0.2) is 4.79 Å². The number of hydrogen-bond acceptors (Lipinski definition) is 3. The third kappa shape index (κ3) is 2.04. The lowest BCUT2D eigenvalue weighted by Gasteiger charge is -1.93. The van der Waals surface area contributed by atoms with E-state index in [4.69, 9.17) is 0 Å². The summed E-state index contributed by atoms with van der Waals surface area (Å²) >= 11 is 0. The predicted octanol–water partition coefficient (Wildman–Crippen LogP) is 1.75. The Bertz CT molecular complexity index is 514.